The van der Waals surface area contributed by atoms with Gasteiger partial charge in [0.2, 0.25) is 17.7 Å². The molecule has 1 unspecified atom stereocenters. The fraction of sp³-hybridized carbons (Fsp3) is 0.800. The van der Waals surface area contributed by atoms with Gasteiger partial charge in [-0.2, -0.15) is 0 Å². The van der Waals surface area contributed by atoms with Gasteiger partial charge in [-0.25, -0.2) is 0 Å². The standard InChI is InChI=1S/C20H30F3N3O6/c1-11(2)8-14(26-19(30)16-4-3-7-31-16)18(29)25-13(9-12-5-6-24-17(12)28)15(27)10-32-20(21,22)23/h11-14,16H,3-10H2,1-2H3,(H,24,28)(H,25,29)(H,26,30)/t12-,13-,14-,16?/m0/s1. The largest absolute Gasteiger partial charge is 0.522 e. The van der Waals surface area contributed by atoms with Crippen molar-refractivity contribution in [1.29, 1.82) is 0 Å². The summed E-state index contributed by atoms with van der Waals surface area (Å²) in [5.41, 5.74) is 0. The quantitative estimate of drug-likeness (QED) is 0.415. The number of hydrogen-bond acceptors (Lipinski definition) is 6. The molecule has 2 fully saturated rings. The summed E-state index contributed by atoms with van der Waals surface area (Å²) in [4.78, 5) is 49.6. The third-order valence-electron chi connectivity index (χ3n) is 5.33. The van der Waals surface area contributed by atoms with Crippen LogP contribution in [0.3, 0.4) is 0 Å². The highest BCUT2D eigenvalue weighted by Gasteiger charge is 2.36. The van der Waals surface area contributed by atoms with Crippen molar-refractivity contribution in [1.82, 2.24) is 16.0 Å². The minimum Gasteiger partial charge on any atom is -0.368 e. The summed E-state index contributed by atoms with van der Waals surface area (Å²) < 4.78 is 46.1. The second kappa shape index (κ2) is 11.6. The summed E-state index contributed by atoms with van der Waals surface area (Å²) in [5, 5.41) is 7.63. The number of halogens is 3. The molecule has 0 aromatic rings. The maximum absolute atomic E-state index is 12.9. The number of alkyl halides is 3. The maximum atomic E-state index is 12.9. The Morgan fingerprint density at radius 2 is 1.91 bits per heavy atom. The maximum Gasteiger partial charge on any atom is 0.522 e. The molecule has 2 saturated heterocycles. The first-order valence-electron chi connectivity index (χ1n) is 10.7. The molecule has 2 rings (SSSR count). The Morgan fingerprint density at radius 3 is 2.44 bits per heavy atom. The molecule has 2 heterocycles. The highest BCUT2D eigenvalue weighted by atomic mass is 19.4. The van der Waals surface area contributed by atoms with Crippen molar-refractivity contribution in [3.8, 4) is 0 Å². The van der Waals surface area contributed by atoms with Gasteiger partial charge in [0.15, 0.2) is 5.78 Å². The molecule has 2 aliphatic rings. The molecule has 0 bridgehead atoms. The Balaban J connectivity index is 2.09. The second-order valence-corrected chi connectivity index (χ2v) is 8.47. The Kier molecular flexibility index (Phi) is 9.44. The number of nitrogens with one attached hydrogen (secondary N) is 3. The molecule has 9 nitrogen and oxygen atoms in total. The number of ketones is 1. The molecule has 0 spiro atoms. The lowest BCUT2D eigenvalue weighted by molar-refractivity contribution is -0.321. The Bertz CT molecular complexity index is 695. The first-order valence-corrected chi connectivity index (χ1v) is 10.7. The van der Waals surface area contributed by atoms with Gasteiger partial charge in [-0.05, 0) is 38.0 Å². The summed E-state index contributed by atoms with van der Waals surface area (Å²) in [6, 6.07) is -2.38. The monoisotopic (exact) mass is 465 g/mol. The molecular formula is C20H30F3N3O6. The molecule has 0 saturated carbocycles. The lowest BCUT2D eigenvalue weighted by atomic mass is 9.95. The predicted octanol–water partition coefficient (Wildman–Crippen LogP) is 0.813. The normalized spacial score (nSPS) is 23.0. The minimum atomic E-state index is -5.01. The van der Waals surface area contributed by atoms with Crippen LogP contribution in [0.1, 0.15) is 46.0 Å². The predicted molar refractivity (Wildman–Crippen MR) is 105 cm³/mol. The zero-order valence-corrected chi connectivity index (χ0v) is 18.1. The SMILES string of the molecule is CC(C)C[C@H](NC(=O)C1CCCO1)C(=O)N[C@@H](C[C@@H]1CCNC1=O)C(=O)COC(F)(F)F. The number of amides is 3. The van der Waals surface area contributed by atoms with Gasteiger partial charge >= 0.3 is 6.36 Å². The number of rotatable bonds is 11. The second-order valence-electron chi connectivity index (χ2n) is 8.47. The third-order valence-corrected chi connectivity index (χ3v) is 5.33. The van der Waals surface area contributed by atoms with Crippen molar-refractivity contribution in [2.75, 3.05) is 19.8 Å². The van der Waals surface area contributed by atoms with Crippen LogP contribution in [-0.2, 0) is 28.7 Å². The molecule has 0 aliphatic carbocycles. The van der Waals surface area contributed by atoms with E-state index < -0.39 is 54.7 Å². The van der Waals surface area contributed by atoms with Crippen molar-refractivity contribution in [3.63, 3.8) is 0 Å². The van der Waals surface area contributed by atoms with E-state index in [1.807, 2.05) is 13.8 Å². The molecule has 12 heteroatoms. The Hall–Kier alpha value is -2.21. The molecule has 0 aromatic heterocycles. The number of carbonyl (C=O) groups is 4. The van der Waals surface area contributed by atoms with E-state index >= 15 is 0 Å². The Morgan fingerprint density at radius 1 is 1.19 bits per heavy atom. The number of Topliss-reactive ketones (excluding diaryl/α,β-unsaturated/α-hetero) is 1. The van der Waals surface area contributed by atoms with Crippen LogP contribution in [0.15, 0.2) is 0 Å². The molecule has 4 atom stereocenters. The van der Waals surface area contributed by atoms with Gasteiger partial charge in [-0.15, -0.1) is 13.2 Å². The molecule has 3 N–H and O–H groups in total. The van der Waals surface area contributed by atoms with Crippen LogP contribution < -0.4 is 16.0 Å². The Labute approximate surface area is 184 Å². The zero-order chi connectivity index (χ0) is 23.9. The number of hydrogen-bond donors (Lipinski definition) is 3. The van der Waals surface area contributed by atoms with Gasteiger partial charge in [0.1, 0.15) is 18.8 Å². The van der Waals surface area contributed by atoms with Crippen LogP contribution in [0.2, 0.25) is 0 Å². The van der Waals surface area contributed by atoms with E-state index in [1.165, 1.54) is 0 Å². The molecule has 3 amide bonds. The van der Waals surface area contributed by atoms with Crippen LogP contribution in [0.4, 0.5) is 13.2 Å². The molecule has 32 heavy (non-hydrogen) atoms. The molecule has 2 aliphatic heterocycles. The van der Waals surface area contributed by atoms with E-state index in [0.717, 1.165) is 6.42 Å². The van der Waals surface area contributed by atoms with Gasteiger partial charge in [0.05, 0.1) is 6.04 Å². The number of carbonyl (C=O) groups excluding carboxylic acids is 4. The summed E-state index contributed by atoms with van der Waals surface area (Å²) in [6.07, 6.45) is -3.96. The summed E-state index contributed by atoms with van der Waals surface area (Å²) >= 11 is 0. The van der Waals surface area contributed by atoms with Gasteiger partial charge in [0.25, 0.3) is 0 Å². The highest BCUT2D eigenvalue weighted by molar-refractivity contribution is 5.94. The van der Waals surface area contributed by atoms with Crippen molar-refractivity contribution >= 4 is 23.5 Å². The van der Waals surface area contributed by atoms with Crippen LogP contribution in [0.25, 0.3) is 0 Å². The lowest BCUT2D eigenvalue weighted by Gasteiger charge is -2.26. The van der Waals surface area contributed by atoms with E-state index in [-0.39, 0.29) is 24.7 Å². The minimum absolute atomic E-state index is 0.00105. The van der Waals surface area contributed by atoms with Crippen molar-refractivity contribution in [2.24, 2.45) is 11.8 Å². The van der Waals surface area contributed by atoms with Crippen LogP contribution >= 0.6 is 0 Å². The fourth-order valence-corrected chi connectivity index (χ4v) is 3.70. The van der Waals surface area contributed by atoms with Gasteiger partial charge in [-0.3, -0.25) is 23.9 Å². The molecule has 0 radical (unpaired) electrons. The first kappa shape index (κ1) is 26.0. The van der Waals surface area contributed by atoms with Gasteiger partial charge in [-0.1, -0.05) is 13.8 Å². The van der Waals surface area contributed by atoms with Crippen LogP contribution in [0.5, 0.6) is 0 Å². The van der Waals surface area contributed by atoms with E-state index in [2.05, 4.69) is 20.7 Å². The van der Waals surface area contributed by atoms with Gasteiger partial charge < -0.3 is 20.7 Å². The lowest BCUT2D eigenvalue weighted by Crippen LogP contribution is -2.54. The summed E-state index contributed by atoms with van der Waals surface area (Å²) in [5.74, 6) is -3.14. The smallest absolute Gasteiger partial charge is 0.368 e. The first-order chi connectivity index (χ1) is 15.0. The fourth-order valence-electron chi connectivity index (χ4n) is 3.70. The van der Waals surface area contributed by atoms with Crippen molar-refractivity contribution in [2.45, 2.75) is 70.5 Å². The zero-order valence-electron chi connectivity index (χ0n) is 18.1. The van der Waals surface area contributed by atoms with Gasteiger partial charge in [0, 0.05) is 19.1 Å². The average molecular weight is 465 g/mol. The van der Waals surface area contributed by atoms with Crippen LogP contribution in [-0.4, -0.2) is 67.8 Å². The van der Waals surface area contributed by atoms with E-state index in [0.29, 0.717) is 26.0 Å². The summed E-state index contributed by atoms with van der Waals surface area (Å²) in [7, 11) is 0. The van der Waals surface area contributed by atoms with Crippen molar-refractivity contribution < 1.29 is 41.8 Å². The molecule has 182 valence electrons. The molecule has 0 aromatic carbocycles. The topological polar surface area (TPSA) is 123 Å². The number of ether oxygens (including phenoxy) is 2. The average Bonchev–Trinajstić information content (AvgIpc) is 3.36. The van der Waals surface area contributed by atoms with E-state index in [4.69, 9.17) is 4.74 Å². The van der Waals surface area contributed by atoms with Crippen LogP contribution in [0, 0.1) is 11.8 Å². The van der Waals surface area contributed by atoms with E-state index in [1.54, 1.807) is 0 Å². The molecular weight excluding hydrogens is 435 g/mol. The van der Waals surface area contributed by atoms with E-state index in [9.17, 15) is 32.3 Å². The highest BCUT2D eigenvalue weighted by Crippen LogP contribution is 2.20. The summed E-state index contributed by atoms with van der Waals surface area (Å²) in [6.45, 7) is 3.20. The van der Waals surface area contributed by atoms with Crippen molar-refractivity contribution in [3.05, 3.63) is 0 Å². The third kappa shape index (κ3) is 8.38.